The molecular weight excluding hydrogens is 259 g/mol. The number of nitrogen functional groups attached to an aromatic ring is 1. The Bertz CT molecular complexity index is 448. The average molecular weight is 284 g/mol. The van der Waals surface area contributed by atoms with Crippen molar-refractivity contribution in [3.63, 3.8) is 0 Å². The highest BCUT2D eigenvalue weighted by atomic mass is 19.1. The molecule has 5 heteroatoms. The molecule has 0 spiro atoms. The number of nitrogens with two attached hydrogens (primary N) is 1. The van der Waals surface area contributed by atoms with E-state index in [1.165, 1.54) is 12.1 Å². The predicted octanol–water partition coefficient (Wildman–Crippen LogP) is 2.92. The smallest absolute Gasteiger partial charge is 0.167 e. The third-order valence-electron chi connectivity index (χ3n) is 3.32. The Morgan fingerprint density at radius 3 is 2.40 bits per heavy atom. The lowest BCUT2D eigenvalue weighted by Gasteiger charge is -2.32. The summed E-state index contributed by atoms with van der Waals surface area (Å²) in [5, 5.41) is 0. The first-order valence-corrected chi connectivity index (χ1v) is 6.80. The molecule has 0 unspecified atom stereocenters. The molecule has 0 bridgehead atoms. The molecular formula is C15H25FN2O2. The van der Waals surface area contributed by atoms with Crippen LogP contribution in [0.5, 0.6) is 11.5 Å². The molecule has 0 atom stereocenters. The standard InChI is InChI=1S/C15H25FN2O2/c1-6-7-19-13-9-14(12(17)8-11(13)16)20-10-15(2,3)18(4)5/h8-9H,6-7,10,17H2,1-5H3. The summed E-state index contributed by atoms with van der Waals surface area (Å²) in [6.45, 7) is 6.99. The van der Waals surface area contributed by atoms with Crippen LogP contribution in [-0.4, -0.2) is 37.7 Å². The fourth-order valence-corrected chi connectivity index (χ4v) is 1.38. The van der Waals surface area contributed by atoms with Crippen molar-refractivity contribution < 1.29 is 13.9 Å². The van der Waals surface area contributed by atoms with Crippen LogP contribution in [0.3, 0.4) is 0 Å². The quantitative estimate of drug-likeness (QED) is 0.782. The van der Waals surface area contributed by atoms with Crippen molar-refractivity contribution in [1.82, 2.24) is 4.90 Å². The first kappa shape index (κ1) is 16.6. The topological polar surface area (TPSA) is 47.7 Å². The van der Waals surface area contributed by atoms with Gasteiger partial charge in [0.2, 0.25) is 0 Å². The molecule has 0 radical (unpaired) electrons. The lowest BCUT2D eigenvalue weighted by molar-refractivity contribution is 0.114. The number of anilines is 1. The van der Waals surface area contributed by atoms with Crippen LogP contribution in [0, 0.1) is 5.82 Å². The minimum Gasteiger partial charge on any atom is -0.490 e. The number of rotatable bonds is 7. The number of benzene rings is 1. The van der Waals surface area contributed by atoms with E-state index < -0.39 is 5.82 Å². The van der Waals surface area contributed by atoms with E-state index >= 15 is 0 Å². The van der Waals surface area contributed by atoms with E-state index in [-0.39, 0.29) is 17.0 Å². The highest BCUT2D eigenvalue weighted by molar-refractivity contribution is 5.56. The number of hydrogen-bond acceptors (Lipinski definition) is 4. The van der Waals surface area contributed by atoms with Crippen LogP contribution in [0.1, 0.15) is 27.2 Å². The first-order valence-electron chi connectivity index (χ1n) is 6.80. The van der Waals surface area contributed by atoms with Crippen LogP contribution in [-0.2, 0) is 0 Å². The highest BCUT2D eigenvalue weighted by Gasteiger charge is 2.22. The largest absolute Gasteiger partial charge is 0.490 e. The molecule has 0 aliphatic carbocycles. The van der Waals surface area contributed by atoms with Crippen LogP contribution >= 0.6 is 0 Å². The maximum Gasteiger partial charge on any atom is 0.167 e. The molecule has 2 N–H and O–H groups in total. The van der Waals surface area contributed by atoms with Crippen LogP contribution in [0.25, 0.3) is 0 Å². The van der Waals surface area contributed by atoms with Gasteiger partial charge in [-0.2, -0.15) is 0 Å². The van der Waals surface area contributed by atoms with Crippen molar-refractivity contribution in [2.45, 2.75) is 32.7 Å². The zero-order valence-electron chi connectivity index (χ0n) is 13.0. The van der Waals surface area contributed by atoms with Crippen LogP contribution in [0.2, 0.25) is 0 Å². The van der Waals surface area contributed by atoms with E-state index in [0.29, 0.717) is 19.0 Å². The zero-order chi connectivity index (χ0) is 15.3. The molecule has 0 saturated carbocycles. The summed E-state index contributed by atoms with van der Waals surface area (Å²) in [6, 6.07) is 2.76. The Morgan fingerprint density at radius 1 is 1.20 bits per heavy atom. The first-order chi connectivity index (χ1) is 9.27. The monoisotopic (exact) mass is 284 g/mol. The van der Waals surface area contributed by atoms with Gasteiger partial charge < -0.3 is 20.1 Å². The van der Waals surface area contributed by atoms with Crippen LogP contribution in [0.4, 0.5) is 10.1 Å². The third-order valence-corrected chi connectivity index (χ3v) is 3.32. The van der Waals surface area contributed by atoms with Crippen molar-refractivity contribution in [1.29, 1.82) is 0 Å². The van der Waals surface area contributed by atoms with Crippen molar-refractivity contribution in [3.8, 4) is 11.5 Å². The minimum atomic E-state index is -0.463. The van der Waals surface area contributed by atoms with E-state index in [9.17, 15) is 4.39 Å². The normalized spacial score (nSPS) is 11.8. The summed E-state index contributed by atoms with van der Waals surface area (Å²) in [7, 11) is 3.96. The molecule has 0 amide bonds. The fourth-order valence-electron chi connectivity index (χ4n) is 1.38. The summed E-state index contributed by atoms with van der Waals surface area (Å²) in [5.74, 6) is 0.168. The lowest BCUT2D eigenvalue weighted by Crippen LogP contribution is -2.43. The summed E-state index contributed by atoms with van der Waals surface area (Å²) >= 11 is 0. The Hall–Kier alpha value is -1.49. The number of nitrogens with zero attached hydrogens (tertiary/aromatic N) is 1. The van der Waals surface area contributed by atoms with Crippen molar-refractivity contribution >= 4 is 5.69 Å². The molecule has 0 aliphatic rings. The summed E-state index contributed by atoms with van der Waals surface area (Å²) in [4.78, 5) is 2.06. The molecule has 1 aromatic rings. The molecule has 4 nitrogen and oxygen atoms in total. The number of hydrogen-bond donors (Lipinski definition) is 1. The fraction of sp³-hybridized carbons (Fsp3) is 0.600. The van der Waals surface area contributed by atoms with Crippen LogP contribution < -0.4 is 15.2 Å². The van der Waals surface area contributed by atoms with Gasteiger partial charge in [-0.3, -0.25) is 0 Å². The summed E-state index contributed by atoms with van der Waals surface area (Å²) in [6.07, 6.45) is 0.813. The highest BCUT2D eigenvalue weighted by Crippen LogP contribution is 2.31. The second kappa shape index (κ2) is 6.79. The van der Waals surface area contributed by atoms with Crippen molar-refractivity contribution in [2.24, 2.45) is 0 Å². The second-order valence-corrected chi connectivity index (χ2v) is 5.66. The van der Waals surface area contributed by atoms with Crippen LogP contribution in [0.15, 0.2) is 12.1 Å². The van der Waals surface area contributed by atoms with E-state index in [2.05, 4.69) is 18.7 Å². The maximum absolute atomic E-state index is 13.7. The second-order valence-electron chi connectivity index (χ2n) is 5.66. The van der Waals surface area contributed by atoms with E-state index in [1.54, 1.807) is 0 Å². The molecule has 0 aliphatic heterocycles. The van der Waals surface area contributed by atoms with Gasteiger partial charge in [0.15, 0.2) is 11.6 Å². The Kier molecular flexibility index (Phi) is 5.62. The van der Waals surface area contributed by atoms with Gasteiger partial charge in [-0.1, -0.05) is 6.92 Å². The van der Waals surface area contributed by atoms with Crippen molar-refractivity contribution in [2.75, 3.05) is 33.0 Å². The van der Waals surface area contributed by atoms with Gasteiger partial charge in [-0.15, -0.1) is 0 Å². The Labute approximate surface area is 120 Å². The summed E-state index contributed by atoms with van der Waals surface area (Å²) < 4.78 is 24.8. The summed E-state index contributed by atoms with van der Waals surface area (Å²) in [5.41, 5.74) is 5.92. The zero-order valence-corrected chi connectivity index (χ0v) is 13.0. The molecule has 0 aromatic heterocycles. The van der Waals surface area contributed by atoms with Gasteiger partial charge in [0.05, 0.1) is 12.3 Å². The van der Waals surface area contributed by atoms with Crippen molar-refractivity contribution in [3.05, 3.63) is 17.9 Å². The Balaban J connectivity index is 2.84. The van der Waals surface area contributed by atoms with E-state index in [1.807, 2.05) is 21.0 Å². The molecule has 1 aromatic carbocycles. The number of ether oxygens (including phenoxy) is 2. The van der Waals surface area contributed by atoms with Gasteiger partial charge >= 0.3 is 0 Å². The molecule has 0 heterocycles. The van der Waals surface area contributed by atoms with E-state index in [0.717, 1.165) is 6.42 Å². The van der Waals surface area contributed by atoms with Gasteiger partial charge in [-0.25, -0.2) is 4.39 Å². The van der Waals surface area contributed by atoms with E-state index in [4.69, 9.17) is 15.2 Å². The van der Waals surface area contributed by atoms with Gasteiger partial charge in [0.1, 0.15) is 12.4 Å². The molecule has 1 rings (SSSR count). The molecule has 20 heavy (non-hydrogen) atoms. The molecule has 0 fully saturated rings. The third kappa shape index (κ3) is 4.27. The maximum atomic E-state index is 13.7. The Morgan fingerprint density at radius 2 is 1.85 bits per heavy atom. The van der Waals surface area contributed by atoms with Gasteiger partial charge in [0.25, 0.3) is 0 Å². The number of halogens is 1. The SMILES string of the molecule is CCCOc1cc(OCC(C)(C)N(C)C)c(N)cc1F. The number of likely N-dealkylation sites (N-methyl/N-ethyl adjacent to an activating group) is 1. The molecule has 0 saturated heterocycles. The van der Waals surface area contributed by atoms with Gasteiger partial charge in [-0.05, 0) is 34.4 Å². The average Bonchev–Trinajstić information content (AvgIpc) is 2.36. The lowest BCUT2D eigenvalue weighted by atomic mass is 10.1. The predicted molar refractivity (Wildman–Crippen MR) is 79.9 cm³/mol. The minimum absolute atomic E-state index is 0.148. The molecule has 114 valence electrons. The van der Waals surface area contributed by atoms with Gasteiger partial charge in [0, 0.05) is 17.7 Å².